The van der Waals surface area contributed by atoms with Crippen LogP contribution in [0.15, 0.2) is 0 Å². The first-order valence-corrected chi connectivity index (χ1v) is 10.0. The molecule has 0 aliphatic carbocycles. The fraction of sp³-hybridized carbons (Fsp3) is 1.00. The van der Waals surface area contributed by atoms with Crippen LogP contribution in [0.5, 0.6) is 0 Å². The normalized spacial score (nSPS) is 32.3. The van der Waals surface area contributed by atoms with Crippen LogP contribution in [0.25, 0.3) is 0 Å². The zero-order valence-corrected chi connectivity index (χ0v) is 12.8. The molecule has 2 unspecified atom stereocenters. The molecular weight excluding hydrogens is 288 g/mol. The van der Waals surface area contributed by atoms with Gasteiger partial charge in [-0.3, -0.25) is 0 Å². The zero-order valence-electron chi connectivity index (χ0n) is 11.2. The van der Waals surface area contributed by atoms with E-state index in [4.69, 9.17) is 0 Å². The van der Waals surface area contributed by atoms with Crippen LogP contribution in [-0.2, 0) is 19.9 Å². The molecule has 2 heterocycles. The highest BCUT2D eigenvalue weighted by Gasteiger charge is 2.41. The Kier molecular flexibility index (Phi) is 4.54. The number of sulfone groups is 1. The lowest BCUT2D eigenvalue weighted by molar-refractivity contribution is 0.338. The highest BCUT2D eigenvalue weighted by molar-refractivity contribution is 7.95. The fourth-order valence-corrected chi connectivity index (χ4v) is 7.32. The van der Waals surface area contributed by atoms with E-state index in [1.165, 1.54) is 4.31 Å². The Morgan fingerprint density at radius 3 is 2.53 bits per heavy atom. The Labute approximate surface area is 115 Å². The van der Waals surface area contributed by atoms with Crippen molar-refractivity contribution in [3.05, 3.63) is 0 Å². The van der Waals surface area contributed by atoms with Crippen molar-refractivity contribution in [2.45, 2.75) is 37.0 Å². The van der Waals surface area contributed by atoms with Crippen molar-refractivity contribution in [2.24, 2.45) is 0 Å². The van der Waals surface area contributed by atoms with E-state index in [0.29, 0.717) is 0 Å². The lowest BCUT2D eigenvalue weighted by Gasteiger charge is -2.28. The third kappa shape index (κ3) is 3.48. The van der Waals surface area contributed by atoms with E-state index in [1.54, 1.807) is 7.05 Å². The highest BCUT2D eigenvalue weighted by Crippen LogP contribution is 2.25. The molecule has 6 nitrogen and oxygen atoms in total. The molecule has 1 N–H and O–H groups in total. The minimum absolute atomic E-state index is 0.00302. The fourth-order valence-electron chi connectivity index (χ4n) is 2.80. The minimum atomic E-state index is -3.50. The van der Waals surface area contributed by atoms with Gasteiger partial charge in [-0.15, -0.1) is 0 Å². The molecule has 0 spiro atoms. The number of sulfonamides is 1. The largest absolute Gasteiger partial charge is 0.317 e. The lowest BCUT2D eigenvalue weighted by Crippen LogP contribution is -2.43. The molecular formula is C11H22N2O4S2. The van der Waals surface area contributed by atoms with Crippen LogP contribution in [0.3, 0.4) is 0 Å². The van der Waals surface area contributed by atoms with E-state index in [1.807, 2.05) is 0 Å². The first-order valence-electron chi connectivity index (χ1n) is 6.71. The lowest BCUT2D eigenvalue weighted by atomic mass is 10.1. The van der Waals surface area contributed by atoms with Crippen LogP contribution in [0.1, 0.15) is 25.7 Å². The summed E-state index contributed by atoms with van der Waals surface area (Å²) in [7, 11) is -5.07. The maximum atomic E-state index is 12.5. The summed E-state index contributed by atoms with van der Waals surface area (Å²) < 4.78 is 49.3. The summed E-state index contributed by atoms with van der Waals surface area (Å²) in [6, 6.07) is -0.0108. The van der Waals surface area contributed by atoms with E-state index in [-0.39, 0.29) is 24.0 Å². The molecule has 0 amide bonds. The van der Waals surface area contributed by atoms with Crippen molar-refractivity contribution in [3.63, 3.8) is 0 Å². The topological polar surface area (TPSA) is 83.6 Å². The smallest absolute Gasteiger partial charge is 0.218 e. The van der Waals surface area contributed by atoms with E-state index >= 15 is 0 Å². The van der Waals surface area contributed by atoms with Gasteiger partial charge in [-0.05, 0) is 38.8 Å². The second-order valence-corrected chi connectivity index (χ2v) is 9.92. The molecule has 0 bridgehead atoms. The second-order valence-electron chi connectivity index (χ2n) is 5.42. The predicted molar refractivity (Wildman–Crippen MR) is 74.3 cm³/mol. The van der Waals surface area contributed by atoms with Crippen LogP contribution >= 0.6 is 0 Å². The molecule has 2 aliphatic heterocycles. The first-order chi connectivity index (χ1) is 8.83. The summed E-state index contributed by atoms with van der Waals surface area (Å²) in [5, 5.41) is 2.50. The summed E-state index contributed by atoms with van der Waals surface area (Å²) in [5.41, 5.74) is 0. The van der Waals surface area contributed by atoms with Crippen molar-refractivity contribution in [1.82, 2.24) is 9.62 Å². The number of hydrogen-bond acceptors (Lipinski definition) is 5. The maximum Gasteiger partial charge on any atom is 0.218 e. The van der Waals surface area contributed by atoms with E-state index in [0.717, 1.165) is 32.4 Å². The molecule has 0 aromatic rings. The molecule has 2 rings (SSSR count). The van der Waals surface area contributed by atoms with Crippen LogP contribution in [0, 0.1) is 0 Å². The zero-order chi connectivity index (χ0) is 14.1. The van der Waals surface area contributed by atoms with Gasteiger partial charge in [-0.1, -0.05) is 0 Å². The van der Waals surface area contributed by atoms with Crippen molar-refractivity contribution in [3.8, 4) is 0 Å². The van der Waals surface area contributed by atoms with Crippen LogP contribution < -0.4 is 5.32 Å². The average Bonchev–Trinajstić information content (AvgIpc) is 2.56. The Morgan fingerprint density at radius 1 is 1.16 bits per heavy atom. The maximum absolute atomic E-state index is 12.5. The summed E-state index contributed by atoms with van der Waals surface area (Å²) in [6.07, 6.45) is 2.81. The van der Waals surface area contributed by atoms with Gasteiger partial charge in [0.15, 0.2) is 9.84 Å². The molecule has 2 saturated heterocycles. The molecule has 8 heteroatoms. The minimum Gasteiger partial charge on any atom is -0.317 e. The Morgan fingerprint density at radius 2 is 1.89 bits per heavy atom. The van der Waals surface area contributed by atoms with Gasteiger partial charge in [-0.25, -0.2) is 21.1 Å². The monoisotopic (exact) mass is 310 g/mol. The SMILES string of the molecule is CN(C1CCCNCC1)S(=O)(=O)C1CCS(=O)(=O)C1. The summed E-state index contributed by atoms with van der Waals surface area (Å²) in [5.74, 6) is -0.221. The molecule has 112 valence electrons. The number of nitrogens with one attached hydrogen (secondary N) is 1. The predicted octanol–water partition coefficient (Wildman–Crippen LogP) is -0.423. The number of nitrogens with zero attached hydrogens (tertiary/aromatic N) is 1. The standard InChI is InChI=1S/C11H22N2O4S2/c1-13(10-3-2-6-12-7-4-10)19(16,17)11-5-8-18(14,15)9-11/h10-12H,2-9H2,1H3. The van der Waals surface area contributed by atoms with Crippen molar-refractivity contribution >= 4 is 19.9 Å². The van der Waals surface area contributed by atoms with Gasteiger partial charge in [0.25, 0.3) is 0 Å². The van der Waals surface area contributed by atoms with Gasteiger partial charge in [0.1, 0.15) is 0 Å². The molecule has 19 heavy (non-hydrogen) atoms. The van der Waals surface area contributed by atoms with Crippen molar-refractivity contribution in [2.75, 3.05) is 31.6 Å². The average molecular weight is 310 g/mol. The summed E-state index contributed by atoms with van der Waals surface area (Å²) in [6.45, 7) is 1.73. The first kappa shape index (κ1) is 15.2. The van der Waals surface area contributed by atoms with Gasteiger partial charge in [0.05, 0.1) is 16.8 Å². The summed E-state index contributed by atoms with van der Waals surface area (Å²) >= 11 is 0. The Hall–Kier alpha value is -0.180. The van der Waals surface area contributed by atoms with Gasteiger partial charge in [-0.2, -0.15) is 0 Å². The number of hydrogen-bond donors (Lipinski definition) is 1. The Balaban J connectivity index is 2.10. The summed E-state index contributed by atoms with van der Waals surface area (Å²) in [4.78, 5) is 0. The number of rotatable bonds is 3. The van der Waals surface area contributed by atoms with Gasteiger partial charge in [0, 0.05) is 13.1 Å². The third-order valence-electron chi connectivity index (χ3n) is 4.07. The van der Waals surface area contributed by atoms with E-state index < -0.39 is 25.1 Å². The molecule has 0 saturated carbocycles. The molecule has 0 radical (unpaired) electrons. The van der Waals surface area contributed by atoms with Crippen LogP contribution in [-0.4, -0.2) is 64.1 Å². The van der Waals surface area contributed by atoms with Gasteiger partial charge >= 0.3 is 0 Å². The van der Waals surface area contributed by atoms with E-state index in [9.17, 15) is 16.8 Å². The third-order valence-corrected chi connectivity index (χ3v) is 8.40. The van der Waals surface area contributed by atoms with Crippen molar-refractivity contribution < 1.29 is 16.8 Å². The molecule has 0 aromatic heterocycles. The van der Waals surface area contributed by atoms with Gasteiger partial charge in [0.2, 0.25) is 10.0 Å². The molecule has 0 aromatic carbocycles. The van der Waals surface area contributed by atoms with E-state index in [2.05, 4.69) is 5.32 Å². The molecule has 2 atom stereocenters. The van der Waals surface area contributed by atoms with Gasteiger partial charge < -0.3 is 5.32 Å². The quantitative estimate of drug-likeness (QED) is 0.765. The van der Waals surface area contributed by atoms with Crippen molar-refractivity contribution in [1.29, 1.82) is 0 Å². The van der Waals surface area contributed by atoms with Crippen LogP contribution in [0.2, 0.25) is 0 Å². The second kappa shape index (κ2) is 5.67. The molecule has 2 aliphatic rings. The Bertz CT molecular complexity index is 507. The molecule has 2 fully saturated rings. The highest BCUT2D eigenvalue weighted by atomic mass is 32.2. The van der Waals surface area contributed by atoms with Crippen LogP contribution in [0.4, 0.5) is 0 Å².